The summed E-state index contributed by atoms with van der Waals surface area (Å²) < 4.78 is 25.8. The van der Waals surface area contributed by atoms with E-state index in [2.05, 4.69) is 15.5 Å². The van der Waals surface area contributed by atoms with Gasteiger partial charge in [0.15, 0.2) is 0 Å². The second kappa shape index (κ2) is 3.45. The Hall–Kier alpha value is -1.91. The molecule has 0 spiro atoms. The van der Waals surface area contributed by atoms with Crippen molar-refractivity contribution in [3.63, 3.8) is 0 Å². The largest absolute Gasteiger partial charge is 0.350 e. The number of nitrogens with one attached hydrogen (secondary N) is 2. The monoisotopic (exact) mass is 195 g/mol. The molecule has 2 rings (SSSR count). The zero-order valence-electron chi connectivity index (χ0n) is 7.09. The molecule has 0 atom stereocenters. The van der Waals surface area contributed by atoms with Crippen LogP contribution in [-0.2, 0) is 0 Å². The standard InChI is InChI=1S/C9H7F2N3/c10-6-1-2-8(11)9(3-6)14-7-4-12-13-5-7/h1-5,14H,(H,12,13). The fraction of sp³-hybridized carbons (Fsp3) is 0. The zero-order chi connectivity index (χ0) is 9.97. The smallest absolute Gasteiger partial charge is 0.146 e. The molecule has 2 N–H and O–H groups in total. The van der Waals surface area contributed by atoms with Gasteiger partial charge in [0, 0.05) is 12.3 Å². The van der Waals surface area contributed by atoms with Crippen LogP contribution in [0.15, 0.2) is 30.6 Å². The van der Waals surface area contributed by atoms with Crippen molar-refractivity contribution in [2.75, 3.05) is 5.32 Å². The number of H-pyrrole nitrogens is 1. The van der Waals surface area contributed by atoms with Gasteiger partial charge in [-0.05, 0) is 12.1 Å². The van der Waals surface area contributed by atoms with Gasteiger partial charge in [-0.3, -0.25) is 5.10 Å². The van der Waals surface area contributed by atoms with Gasteiger partial charge in [0.05, 0.1) is 17.6 Å². The summed E-state index contributed by atoms with van der Waals surface area (Å²) in [5.74, 6) is -0.995. The molecular weight excluding hydrogens is 188 g/mol. The van der Waals surface area contributed by atoms with Gasteiger partial charge in [-0.1, -0.05) is 0 Å². The van der Waals surface area contributed by atoms with Crippen LogP contribution in [0.25, 0.3) is 0 Å². The van der Waals surface area contributed by atoms with Gasteiger partial charge >= 0.3 is 0 Å². The van der Waals surface area contributed by atoms with E-state index in [0.717, 1.165) is 18.2 Å². The van der Waals surface area contributed by atoms with Crippen molar-refractivity contribution in [3.05, 3.63) is 42.2 Å². The van der Waals surface area contributed by atoms with Crippen molar-refractivity contribution in [2.24, 2.45) is 0 Å². The summed E-state index contributed by atoms with van der Waals surface area (Å²) in [6.07, 6.45) is 3.02. The quantitative estimate of drug-likeness (QED) is 0.772. The highest BCUT2D eigenvalue weighted by molar-refractivity contribution is 5.58. The highest BCUT2D eigenvalue weighted by Gasteiger charge is 2.03. The predicted molar refractivity (Wildman–Crippen MR) is 48.2 cm³/mol. The van der Waals surface area contributed by atoms with Gasteiger partial charge in [-0.25, -0.2) is 8.78 Å². The van der Waals surface area contributed by atoms with Crippen LogP contribution in [0, 0.1) is 11.6 Å². The van der Waals surface area contributed by atoms with E-state index in [-0.39, 0.29) is 5.69 Å². The van der Waals surface area contributed by atoms with Crippen LogP contribution in [0.1, 0.15) is 0 Å². The Morgan fingerprint density at radius 1 is 1.29 bits per heavy atom. The summed E-state index contributed by atoms with van der Waals surface area (Å²) in [4.78, 5) is 0. The van der Waals surface area contributed by atoms with Crippen LogP contribution in [0.4, 0.5) is 20.2 Å². The molecule has 0 bridgehead atoms. The summed E-state index contributed by atoms with van der Waals surface area (Å²) in [5.41, 5.74) is 0.668. The minimum atomic E-state index is -0.507. The first-order valence-electron chi connectivity index (χ1n) is 3.96. The zero-order valence-corrected chi connectivity index (χ0v) is 7.09. The summed E-state index contributed by atoms with van der Waals surface area (Å²) >= 11 is 0. The lowest BCUT2D eigenvalue weighted by Crippen LogP contribution is -1.93. The van der Waals surface area contributed by atoms with Crippen molar-refractivity contribution in [1.29, 1.82) is 0 Å². The average molecular weight is 195 g/mol. The van der Waals surface area contributed by atoms with E-state index in [1.54, 1.807) is 6.20 Å². The third-order valence-corrected chi connectivity index (χ3v) is 1.71. The van der Waals surface area contributed by atoms with Crippen LogP contribution in [-0.4, -0.2) is 10.2 Å². The van der Waals surface area contributed by atoms with Gasteiger partial charge in [-0.2, -0.15) is 5.10 Å². The van der Waals surface area contributed by atoms with E-state index in [1.165, 1.54) is 6.20 Å². The van der Waals surface area contributed by atoms with Gasteiger partial charge in [0.25, 0.3) is 0 Å². The molecule has 2 aromatic rings. The minimum Gasteiger partial charge on any atom is -0.350 e. The molecule has 0 aliphatic carbocycles. The molecule has 1 aromatic carbocycles. The van der Waals surface area contributed by atoms with E-state index in [9.17, 15) is 8.78 Å². The maximum atomic E-state index is 13.1. The summed E-state index contributed by atoms with van der Waals surface area (Å²) in [6.45, 7) is 0. The van der Waals surface area contributed by atoms with Gasteiger partial charge in [0.1, 0.15) is 11.6 Å². The Bertz CT molecular complexity index is 426. The highest BCUT2D eigenvalue weighted by atomic mass is 19.1. The molecule has 72 valence electrons. The molecule has 0 saturated heterocycles. The van der Waals surface area contributed by atoms with Crippen LogP contribution in [0.5, 0.6) is 0 Å². The van der Waals surface area contributed by atoms with Crippen LogP contribution in [0.3, 0.4) is 0 Å². The van der Waals surface area contributed by atoms with E-state index in [1.807, 2.05) is 0 Å². The van der Waals surface area contributed by atoms with Crippen molar-refractivity contribution in [1.82, 2.24) is 10.2 Å². The van der Waals surface area contributed by atoms with Gasteiger partial charge < -0.3 is 5.32 Å². The predicted octanol–water partition coefficient (Wildman–Crippen LogP) is 2.43. The Balaban J connectivity index is 2.28. The van der Waals surface area contributed by atoms with Crippen LogP contribution < -0.4 is 5.32 Å². The number of aromatic amines is 1. The van der Waals surface area contributed by atoms with E-state index >= 15 is 0 Å². The van der Waals surface area contributed by atoms with Crippen molar-refractivity contribution >= 4 is 11.4 Å². The lowest BCUT2D eigenvalue weighted by Gasteiger charge is -2.04. The van der Waals surface area contributed by atoms with E-state index in [4.69, 9.17) is 0 Å². The molecule has 0 aliphatic rings. The highest BCUT2D eigenvalue weighted by Crippen LogP contribution is 2.19. The minimum absolute atomic E-state index is 0.0893. The molecule has 0 aliphatic heterocycles. The Labute approximate surface area is 78.8 Å². The Kier molecular flexibility index (Phi) is 2.14. The first kappa shape index (κ1) is 8.68. The van der Waals surface area contributed by atoms with E-state index in [0.29, 0.717) is 5.69 Å². The molecule has 3 nitrogen and oxygen atoms in total. The number of aromatic nitrogens is 2. The fourth-order valence-corrected chi connectivity index (χ4v) is 1.07. The molecule has 1 heterocycles. The summed E-state index contributed by atoms with van der Waals surface area (Å²) in [7, 11) is 0. The van der Waals surface area contributed by atoms with Crippen LogP contribution >= 0.6 is 0 Å². The number of nitrogens with zero attached hydrogens (tertiary/aromatic N) is 1. The average Bonchev–Trinajstić information content (AvgIpc) is 2.64. The first-order chi connectivity index (χ1) is 6.75. The molecule has 0 amide bonds. The lowest BCUT2D eigenvalue weighted by molar-refractivity contribution is 0.603. The van der Waals surface area contributed by atoms with Crippen LogP contribution in [0.2, 0.25) is 0 Å². The fourth-order valence-electron chi connectivity index (χ4n) is 1.07. The maximum absolute atomic E-state index is 13.1. The third kappa shape index (κ3) is 1.71. The number of benzene rings is 1. The summed E-state index contributed by atoms with van der Waals surface area (Å²) in [5, 5.41) is 8.91. The number of halogens is 2. The Morgan fingerprint density at radius 2 is 2.14 bits per heavy atom. The lowest BCUT2D eigenvalue weighted by atomic mass is 10.3. The number of rotatable bonds is 2. The van der Waals surface area contributed by atoms with E-state index < -0.39 is 11.6 Å². The van der Waals surface area contributed by atoms with Gasteiger partial charge in [-0.15, -0.1) is 0 Å². The molecule has 1 aromatic heterocycles. The molecule has 0 unspecified atom stereocenters. The number of hydrogen-bond donors (Lipinski definition) is 2. The normalized spacial score (nSPS) is 10.1. The van der Waals surface area contributed by atoms with Crippen molar-refractivity contribution < 1.29 is 8.78 Å². The molecular formula is C9H7F2N3. The van der Waals surface area contributed by atoms with Crippen molar-refractivity contribution in [2.45, 2.75) is 0 Å². The molecule has 0 radical (unpaired) electrons. The molecule has 14 heavy (non-hydrogen) atoms. The second-order valence-corrected chi connectivity index (χ2v) is 2.74. The molecule has 5 heteroatoms. The number of hydrogen-bond acceptors (Lipinski definition) is 2. The summed E-state index contributed by atoms with van der Waals surface area (Å²) in [6, 6.07) is 3.22. The third-order valence-electron chi connectivity index (χ3n) is 1.71. The molecule has 0 saturated carbocycles. The topological polar surface area (TPSA) is 40.7 Å². The van der Waals surface area contributed by atoms with Gasteiger partial charge in [0.2, 0.25) is 0 Å². The Morgan fingerprint density at radius 3 is 2.86 bits per heavy atom. The maximum Gasteiger partial charge on any atom is 0.146 e. The second-order valence-electron chi connectivity index (χ2n) is 2.74. The SMILES string of the molecule is Fc1ccc(F)c(Nc2cn[nH]c2)c1. The first-order valence-corrected chi connectivity index (χ1v) is 3.96. The van der Waals surface area contributed by atoms with Crippen molar-refractivity contribution in [3.8, 4) is 0 Å². The number of anilines is 2. The molecule has 0 fully saturated rings.